The Kier molecular flexibility index (Phi) is 6.75. The first-order valence-electron chi connectivity index (χ1n) is 10.1. The van der Waals surface area contributed by atoms with Crippen molar-refractivity contribution >= 4 is 28.8 Å². The molecule has 0 atom stereocenters. The van der Waals surface area contributed by atoms with Crippen LogP contribution in [-0.4, -0.2) is 23.9 Å². The van der Waals surface area contributed by atoms with Crippen LogP contribution in [0.5, 0.6) is 5.75 Å². The van der Waals surface area contributed by atoms with Gasteiger partial charge in [0, 0.05) is 23.2 Å². The molecule has 3 aromatic carbocycles. The number of hydrogen-bond acceptors (Lipinski definition) is 5. The summed E-state index contributed by atoms with van der Waals surface area (Å²) in [4.78, 5) is 29.4. The number of para-hydroxylation sites is 1. The molecule has 0 bridgehead atoms. The average molecular weight is 462 g/mol. The maximum absolute atomic E-state index is 13.4. The largest absolute Gasteiger partial charge is 0.496 e. The molecule has 0 aliphatic heterocycles. The highest BCUT2D eigenvalue weighted by atomic mass is 32.1. The highest BCUT2D eigenvalue weighted by Gasteiger charge is 2.14. The van der Waals surface area contributed by atoms with Gasteiger partial charge in [0.05, 0.1) is 12.7 Å². The van der Waals surface area contributed by atoms with Gasteiger partial charge in [0.1, 0.15) is 22.3 Å². The molecule has 2 amide bonds. The van der Waals surface area contributed by atoms with E-state index in [0.29, 0.717) is 22.1 Å². The van der Waals surface area contributed by atoms with E-state index in [1.54, 1.807) is 30.7 Å². The van der Waals surface area contributed by atoms with Gasteiger partial charge in [-0.05, 0) is 48.0 Å². The molecule has 6 nitrogen and oxygen atoms in total. The van der Waals surface area contributed by atoms with Crippen LogP contribution in [0.4, 0.5) is 10.1 Å². The molecular weight excluding hydrogens is 441 g/mol. The third-order valence-electron chi connectivity index (χ3n) is 4.80. The van der Waals surface area contributed by atoms with Gasteiger partial charge in [-0.1, -0.05) is 30.3 Å². The number of nitrogens with zero attached hydrogens (tertiary/aromatic N) is 1. The Bertz CT molecular complexity index is 1310. The fraction of sp³-hybridized carbons (Fsp3) is 0.0800. The average Bonchev–Trinajstić information content (AvgIpc) is 3.33. The lowest BCUT2D eigenvalue weighted by atomic mass is 10.1. The number of anilines is 1. The number of thiazole rings is 1. The lowest BCUT2D eigenvalue weighted by molar-refractivity contribution is 0.0945. The number of aromatic nitrogens is 1. The van der Waals surface area contributed by atoms with Gasteiger partial charge in [0.2, 0.25) is 0 Å². The van der Waals surface area contributed by atoms with Gasteiger partial charge in [-0.15, -0.1) is 11.3 Å². The summed E-state index contributed by atoms with van der Waals surface area (Å²) in [6.07, 6.45) is 0. The standard InChI is InChI=1S/C25H20FN3O3S/c1-32-22-11-3-2-10-20(22)25-29-21(15-33-25)24(31)27-14-16-6-4-9-19(12-16)28-23(30)17-7-5-8-18(26)13-17/h2-13,15H,14H2,1H3,(H,27,31)(H,28,30). The van der Waals surface area contributed by atoms with Crippen molar-refractivity contribution in [1.82, 2.24) is 10.3 Å². The molecule has 0 aliphatic rings. The number of nitrogens with one attached hydrogen (secondary N) is 2. The predicted octanol–water partition coefficient (Wildman–Crippen LogP) is 5.14. The minimum absolute atomic E-state index is 0.225. The van der Waals surface area contributed by atoms with Crippen LogP contribution in [0.2, 0.25) is 0 Å². The summed E-state index contributed by atoms with van der Waals surface area (Å²) in [5.41, 5.74) is 2.70. The number of carbonyl (C=O) groups is 2. The van der Waals surface area contributed by atoms with E-state index in [-0.39, 0.29) is 18.0 Å². The van der Waals surface area contributed by atoms with Gasteiger partial charge in [-0.2, -0.15) is 0 Å². The monoisotopic (exact) mass is 461 g/mol. The van der Waals surface area contributed by atoms with E-state index in [0.717, 1.165) is 11.1 Å². The summed E-state index contributed by atoms with van der Waals surface area (Å²) in [5.74, 6) is -0.505. The molecule has 166 valence electrons. The second kappa shape index (κ2) is 10.1. The Hall–Kier alpha value is -4.04. The fourth-order valence-corrected chi connectivity index (χ4v) is 4.02. The predicted molar refractivity (Wildman–Crippen MR) is 126 cm³/mol. The molecule has 0 saturated heterocycles. The minimum Gasteiger partial charge on any atom is -0.496 e. The van der Waals surface area contributed by atoms with E-state index in [4.69, 9.17) is 4.74 Å². The molecule has 4 rings (SSSR count). The van der Waals surface area contributed by atoms with E-state index in [2.05, 4.69) is 15.6 Å². The lowest BCUT2D eigenvalue weighted by Gasteiger charge is -2.08. The summed E-state index contributed by atoms with van der Waals surface area (Å²) in [6.45, 7) is 0.254. The molecule has 33 heavy (non-hydrogen) atoms. The zero-order chi connectivity index (χ0) is 23.2. The highest BCUT2D eigenvalue weighted by molar-refractivity contribution is 7.13. The Balaban J connectivity index is 1.39. The Morgan fingerprint density at radius 1 is 1.00 bits per heavy atom. The van der Waals surface area contributed by atoms with Gasteiger partial charge >= 0.3 is 0 Å². The van der Waals surface area contributed by atoms with Crippen molar-refractivity contribution in [1.29, 1.82) is 0 Å². The Labute approximate surface area is 194 Å². The number of methoxy groups -OCH3 is 1. The minimum atomic E-state index is -0.477. The zero-order valence-electron chi connectivity index (χ0n) is 17.7. The smallest absolute Gasteiger partial charge is 0.271 e. The summed E-state index contributed by atoms with van der Waals surface area (Å²) >= 11 is 1.36. The first-order valence-corrected chi connectivity index (χ1v) is 10.9. The first-order chi connectivity index (χ1) is 16.0. The summed E-state index contributed by atoms with van der Waals surface area (Å²) in [5, 5.41) is 7.97. The van der Waals surface area contributed by atoms with E-state index >= 15 is 0 Å². The van der Waals surface area contributed by atoms with Gasteiger partial charge in [-0.3, -0.25) is 9.59 Å². The van der Waals surface area contributed by atoms with Crippen molar-refractivity contribution in [3.8, 4) is 16.3 Å². The summed E-state index contributed by atoms with van der Waals surface area (Å²) in [6, 6.07) is 20.0. The van der Waals surface area contributed by atoms with Crippen molar-refractivity contribution in [2.24, 2.45) is 0 Å². The molecule has 0 fully saturated rings. The number of carbonyl (C=O) groups excluding carboxylic acids is 2. The van der Waals surface area contributed by atoms with Crippen LogP contribution in [0, 0.1) is 5.82 Å². The lowest BCUT2D eigenvalue weighted by Crippen LogP contribution is -2.23. The van der Waals surface area contributed by atoms with E-state index < -0.39 is 11.7 Å². The molecule has 1 heterocycles. The number of rotatable bonds is 7. The number of hydrogen-bond donors (Lipinski definition) is 2. The molecule has 0 unspecified atom stereocenters. The van der Waals surface area contributed by atoms with Crippen molar-refractivity contribution in [3.63, 3.8) is 0 Å². The third-order valence-corrected chi connectivity index (χ3v) is 5.67. The molecular formula is C25H20FN3O3S. The summed E-state index contributed by atoms with van der Waals surface area (Å²) < 4.78 is 18.7. The second-order valence-corrected chi connectivity index (χ2v) is 7.94. The summed E-state index contributed by atoms with van der Waals surface area (Å²) in [7, 11) is 1.59. The normalized spacial score (nSPS) is 10.5. The van der Waals surface area contributed by atoms with Crippen LogP contribution in [0.25, 0.3) is 10.6 Å². The van der Waals surface area contributed by atoms with E-state index in [9.17, 15) is 14.0 Å². The zero-order valence-corrected chi connectivity index (χ0v) is 18.5. The first kappa shape index (κ1) is 22.2. The van der Waals surface area contributed by atoms with Gasteiger partial charge in [0.15, 0.2) is 0 Å². The van der Waals surface area contributed by atoms with Crippen LogP contribution >= 0.6 is 11.3 Å². The fourth-order valence-electron chi connectivity index (χ4n) is 3.19. The molecule has 0 spiro atoms. The number of benzene rings is 3. The van der Waals surface area contributed by atoms with Crippen molar-refractivity contribution in [2.75, 3.05) is 12.4 Å². The van der Waals surface area contributed by atoms with Crippen molar-refractivity contribution in [3.05, 3.63) is 101 Å². The van der Waals surface area contributed by atoms with Gasteiger partial charge in [-0.25, -0.2) is 9.37 Å². The van der Waals surface area contributed by atoms with Crippen molar-refractivity contribution < 1.29 is 18.7 Å². The maximum Gasteiger partial charge on any atom is 0.271 e. The van der Waals surface area contributed by atoms with E-state index in [1.165, 1.54) is 35.6 Å². The number of halogens is 1. The van der Waals surface area contributed by atoms with Crippen LogP contribution in [0.15, 0.2) is 78.2 Å². The molecule has 4 aromatic rings. The molecule has 2 N–H and O–H groups in total. The Morgan fingerprint density at radius 3 is 2.64 bits per heavy atom. The maximum atomic E-state index is 13.4. The van der Waals surface area contributed by atoms with Gasteiger partial charge in [0.25, 0.3) is 11.8 Å². The molecule has 8 heteroatoms. The van der Waals surface area contributed by atoms with Crippen LogP contribution in [0.3, 0.4) is 0 Å². The number of ether oxygens (including phenoxy) is 1. The van der Waals surface area contributed by atoms with Crippen LogP contribution < -0.4 is 15.4 Å². The molecule has 0 aliphatic carbocycles. The van der Waals surface area contributed by atoms with Crippen molar-refractivity contribution in [2.45, 2.75) is 6.54 Å². The van der Waals surface area contributed by atoms with Crippen LogP contribution in [0.1, 0.15) is 26.4 Å². The second-order valence-electron chi connectivity index (χ2n) is 7.09. The van der Waals surface area contributed by atoms with Gasteiger partial charge < -0.3 is 15.4 Å². The highest BCUT2D eigenvalue weighted by Crippen LogP contribution is 2.31. The molecule has 0 radical (unpaired) electrons. The number of amides is 2. The van der Waals surface area contributed by atoms with Crippen LogP contribution in [-0.2, 0) is 6.54 Å². The quantitative estimate of drug-likeness (QED) is 0.399. The molecule has 0 saturated carbocycles. The molecule has 1 aromatic heterocycles. The SMILES string of the molecule is COc1ccccc1-c1nc(C(=O)NCc2cccc(NC(=O)c3cccc(F)c3)c2)cs1. The Morgan fingerprint density at radius 2 is 1.82 bits per heavy atom. The topological polar surface area (TPSA) is 80.3 Å². The third kappa shape index (κ3) is 5.42. The van der Waals surface area contributed by atoms with E-state index in [1.807, 2.05) is 30.3 Å².